The summed E-state index contributed by atoms with van der Waals surface area (Å²) in [7, 11) is -1.79. The lowest BCUT2D eigenvalue weighted by atomic mass is 9.27. The number of benzene rings is 1. The van der Waals surface area contributed by atoms with Crippen molar-refractivity contribution in [2.75, 3.05) is 0 Å². The van der Waals surface area contributed by atoms with Gasteiger partial charge in [0, 0.05) is 0 Å². The van der Waals surface area contributed by atoms with Crippen LogP contribution >= 0.6 is 11.1 Å². The van der Waals surface area contributed by atoms with E-state index >= 15 is 0 Å². The molecule has 21 heavy (non-hydrogen) atoms. The molecule has 0 nitrogen and oxygen atoms in total. The molecule has 2 heterocycles. The molecule has 0 spiro atoms. The van der Waals surface area contributed by atoms with E-state index < -0.39 is 7.38 Å². The van der Waals surface area contributed by atoms with Crippen LogP contribution in [0.3, 0.4) is 0 Å². The van der Waals surface area contributed by atoms with E-state index in [4.69, 9.17) is 11.1 Å². The molecule has 0 saturated carbocycles. The molecular formula is C18H26BClSi. The van der Waals surface area contributed by atoms with Gasteiger partial charge in [-0.05, 0) is 5.56 Å². The van der Waals surface area contributed by atoms with Gasteiger partial charge in [-0.15, -0.1) is 0 Å². The van der Waals surface area contributed by atoms with Gasteiger partial charge in [0.1, 0.15) is 0 Å². The predicted octanol–water partition coefficient (Wildman–Crippen LogP) is 6.20. The molecule has 0 radical (unpaired) electrons. The van der Waals surface area contributed by atoms with Crippen LogP contribution in [-0.4, -0.2) is 14.1 Å². The second-order valence-corrected chi connectivity index (χ2v) is 13.7. The van der Waals surface area contributed by atoms with Crippen molar-refractivity contribution < 1.29 is 0 Å². The van der Waals surface area contributed by atoms with Gasteiger partial charge in [0.05, 0.1) is 0 Å². The van der Waals surface area contributed by atoms with E-state index in [2.05, 4.69) is 49.5 Å². The summed E-state index contributed by atoms with van der Waals surface area (Å²) in [5.41, 5.74) is 1.33. The maximum Gasteiger partial charge on any atom is 0.173 e. The van der Waals surface area contributed by atoms with Crippen LogP contribution < -0.4 is 0 Å². The van der Waals surface area contributed by atoms with Gasteiger partial charge >= 0.3 is 0 Å². The summed E-state index contributed by atoms with van der Waals surface area (Å²) in [5.74, 6) is 1.80. The van der Waals surface area contributed by atoms with E-state index in [9.17, 15) is 0 Å². The average molecular weight is 317 g/mol. The highest BCUT2D eigenvalue weighted by Crippen LogP contribution is 2.50. The molecule has 3 heteroatoms. The first-order valence-corrected chi connectivity index (χ1v) is 12.5. The fourth-order valence-corrected chi connectivity index (χ4v) is 6.89. The van der Waals surface area contributed by atoms with Crippen molar-refractivity contribution in [2.45, 2.75) is 63.3 Å². The van der Waals surface area contributed by atoms with Crippen LogP contribution in [0.5, 0.6) is 0 Å². The van der Waals surface area contributed by atoms with E-state index in [1.807, 2.05) is 0 Å². The highest BCUT2D eigenvalue weighted by Gasteiger charge is 2.45. The molecule has 0 amide bonds. The van der Waals surface area contributed by atoms with Crippen LogP contribution in [0.1, 0.15) is 44.1 Å². The van der Waals surface area contributed by atoms with E-state index in [0.717, 1.165) is 18.3 Å². The lowest BCUT2D eigenvalue weighted by Crippen LogP contribution is -2.43. The van der Waals surface area contributed by atoms with Crippen LogP contribution in [0.15, 0.2) is 35.4 Å². The first-order valence-electron chi connectivity index (χ1n) is 8.52. The van der Waals surface area contributed by atoms with Gasteiger partial charge in [0.25, 0.3) is 0 Å². The van der Waals surface area contributed by atoms with Crippen LogP contribution in [0.25, 0.3) is 6.08 Å². The van der Waals surface area contributed by atoms with Gasteiger partial charge < -0.3 is 0 Å². The van der Waals surface area contributed by atoms with Crippen molar-refractivity contribution >= 4 is 31.3 Å². The Morgan fingerprint density at radius 2 is 1.57 bits per heavy atom. The third-order valence-electron chi connectivity index (χ3n) is 5.48. The topological polar surface area (TPSA) is 0 Å². The highest BCUT2D eigenvalue weighted by atomic mass is 35.6. The molecule has 0 N–H and O–H groups in total. The summed E-state index contributed by atoms with van der Waals surface area (Å²) in [6, 6.07) is 10.8. The Hall–Kier alpha value is -0.468. The third-order valence-corrected chi connectivity index (χ3v) is 7.99. The largest absolute Gasteiger partial charge is 0.173 e. The smallest absolute Gasteiger partial charge is 0.163 e. The molecule has 2 saturated heterocycles. The molecule has 0 aromatic heterocycles. The molecule has 2 aliphatic heterocycles. The number of rotatable bonds is 3. The van der Waals surface area contributed by atoms with Crippen LogP contribution in [0.2, 0.25) is 24.7 Å². The minimum atomic E-state index is -1.79. The first-order chi connectivity index (χ1) is 10.1. The Balaban J connectivity index is 1.98. The molecule has 0 unspecified atom stereocenters. The molecule has 112 valence electrons. The van der Waals surface area contributed by atoms with Gasteiger partial charge in [-0.3, -0.25) is 0 Å². The summed E-state index contributed by atoms with van der Waals surface area (Å²) < 4.78 is 0. The second kappa shape index (κ2) is 6.34. The number of hydrogen-bond donors (Lipinski definition) is 0. The van der Waals surface area contributed by atoms with Crippen molar-refractivity contribution in [1.29, 1.82) is 0 Å². The lowest BCUT2D eigenvalue weighted by Gasteiger charge is -2.44. The zero-order chi connectivity index (χ0) is 14.9. The van der Waals surface area contributed by atoms with Gasteiger partial charge in [-0.1, -0.05) is 105 Å². The quantitative estimate of drug-likeness (QED) is 0.460. The summed E-state index contributed by atoms with van der Waals surface area (Å²) in [6.07, 6.45) is 11.0. The van der Waals surface area contributed by atoms with Crippen molar-refractivity contribution in [3.05, 3.63) is 41.0 Å². The Morgan fingerprint density at radius 1 is 1.05 bits per heavy atom. The SMILES string of the molecule is C[Si](C)(Cl)/C(=C\c1ccccc1)B1C2CCCC1CCC2. The standard InChI is InChI=1S/C18H26BClSi/c1-21(2,20)18(14-15-8-4-3-5-9-15)19-16-10-6-11-17(19)13-7-12-16/h3-5,8-9,14,16-17H,6-7,10-13H2,1-2H3/b18-14-. The van der Waals surface area contributed by atoms with E-state index in [1.54, 1.807) is 5.10 Å². The second-order valence-electron chi connectivity index (χ2n) is 7.39. The predicted molar refractivity (Wildman–Crippen MR) is 98.7 cm³/mol. The van der Waals surface area contributed by atoms with Crippen molar-refractivity contribution in [2.24, 2.45) is 0 Å². The summed E-state index contributed by atoms with van der Waals surface area (Å²) in [4.78, 5) is 0. The third kappa shape index (κ3) is 3.48. The fraction of sp³-hybridized carbons (Fsp3) is 0.556. The molecule has 2 fully saturated rings. The highest BCUT2D eigenvalue weighted by molar-refractivity contribution is 7.28. The Labute approximate surface area is 135 Å². The van der Waals surface area contributed by atoms with Crippen LogP contribution in [0, 0.1) is 0 Å². The Bertz CT molecular complexity index is 484. The van der Waals surface area contributed by atoms with Crippen molar-refractivity contribution in [3.63, 3.8) is 0 Å². The monoisotopic (exact) mass is 316 g/mol. The summed E-state index contributed by atoms with van der Waals surface area (Å²) >= 11 is 6.96. The zero-order valence-electron chi connectivity index (χ0n) is 13.3. The maximum atomic E-state index is 6.96. The molecule has 0 aliphatic carbocycles. The Kier molecular flexibility index (Phi) is 4.66. The van der Waals surface area contributed by atoms with Crippen LogP contribution in [-0.2, 0) is 0 Å². The van der Waals surface area contributed by atoms with Gasteiger partial charge in [-0.2, -0.15) is 11.1 Å². The summed E-state index contributed by atoms with van der Waals surface area (Å²) in [6.45, 7) is 5.40. The minimum Gasteiger partial charge on any atom is -0.163 e. The molecule has 0 atom stereocenters. The number of halogens is 1. The molecule has 3 rings (SSSR count). The van der Waals surface area contributed by atoms with E-state index in [-0.39, 0.29) is 0 Å². The maximum absolute atomic E-state index is 6.96. The zero-order valence-corrected chi connectivity index (χ0v) is 15.1. The van der Waals surface area contributed by atoms with E-state index in [0.29, 0.717) is 0 Å². The normalized spacial score (nSPS) is 26.8. The lowest BCUT2D eigenvalue weighted by molar-refractivity contribution is 0.447. The molecular weight excluding hydrogens is 291 g/mol. The minimum absolute atomic E-state index is 0.770. The molecule has 2 aliphatic rings. The number of fused-ring (bicyclic) bond motifs is 2. The fourth-order valence-electron chi connectivity index (χ4n) is 4.58. The van der Waals surface area contributed by atoms with E-state index in [1.165, 1.54) is 44.1 Å². The van der Waals surface area contributed by atoms with Gasteiger partial charge in [-0.25, -0.2) is 0 Å². The van der Waals surface area contributed by atoms with Crippen molar-refractivity contribution in [1.82, 2.24) is 0 Å². The van der Waals surface area contributed by atoms with Gasteiger partial charge in [0.15, 0.2) is 14.1 Å². The average Bonchev–Trinajstić information content (AvgIpc) is 2.44. The number of hydrogen-bond acceptors (Lipinski definition) is 0. The summed E-state index contributed by atoms with van der Waals surface area (Å²) in [5, 5.41) is 1.62. The molecule has 1 aromatic rings. The van der Waals surface area contributed by atoms with Crippen molar-refractivity contribution in [3.8, 4) is 0 Å². The van der Waals surface area contributed by atoms with Gasteiger partial charge in [0.2, 0.25) is 0 Å². The molecule has 1 aromatic carbocycles. The van der Waals surface area contributed by atoms with Crippen LogP contribution in [0.4, 0.5) is 0 Å². The first kappa shape index (κ1) is 15.4. The molecule has 2 bridgehead atoms. The Morgan fingerprint density at radius 3 is 2.05 bits per heavy atom.